The molecule has 8 atom stereocenters. The van der Waals surface area contributed by atoms with Crippen molar-refractivity contribution in [3.63, 3.8) is 0 Å². The van der Waals surface area contributed by atoms with Crippen molar-refractivity contribution in [3.05, 3.63) is 70.2 Å². The number of carbonyl (C=O) groups is 12. The van der Waals surface area contributed by atoms with E-state index in [4.69, 9.17) is 11.6 Å². The number of piperidine rings is 1. The van der Waals surface area contributed by atoms with Gasteiger partial charge in [0.2, 0.25) is 70.9 Å². The number of amides is 12. The zero-order valence-corrected chi connectivity index (χ0v) is 60.4. The van der Waals surface area contributed by atoms with E-state index in [0.717, 1.165) is 75.2 Å². The van der Waals surface area contributed by atoms with Crippen LogP contribution in [0.1, 0.15) is 154 Å². The number of aryl methyl sites for hydroxylation is 1. The average molecular weight is 1410 g/mol. The lowest BCUT2D eigenvalue weighted by Crippen LogP contribution is -2.65. The van der Waals surface area contributed by atoms with Crippen molar-refractivity contribution in [2.24, 2.45) is 17.8 Å². The number of nitrogens with one attached hydrogen (secondary N) is 4. The fraction of sp³-hybridized carbons (Fsp3) is 0.662. The number of hydrogen-bond acceptors (Lipinski definition) is 12. The molecule has 0 bridgehead atoms. The molecule has 2 aromatic rings. The number of nitrogens with zero attached hydrogens (tertiary/aromatic N) is 8. The molecule has 548 valence electrons. The minimum Gasteiger partial charge on any atom is -0.343 e. The van der Waals surface area contributed by atoms with Gasteiger partial charge in [0, 0.05) is 68.8 Å². The van der Waals surface area contributed by atoms with Gasteiger partial charge in [0.1, 0.15) is 47.8 Å². The number of alkyl halides is 3. The highest BCUT2D eigenvalue weighted by molar-refractivity contribution is 6.31. The van der Waals surface area contributed by atoms with Gasteiger partial charge in [-0.05, 0) is 99.3 Å². The maximum atomic E-state index is 15.5. The SMILES string of the molecule is CC[C@H](C)[C@@H]1NC(=O)[C@H](C)N(C)C(=O)C[C@@H](C(=O)N2CCCCC2)N(C)C(=O)[C@H](C(C)C)N(C)C(=O)C2(CCCC2)NC(=O)[C@H](Cc2ccccc2)NC(=O)[C@H](CCc2ccc(C(F)(F)F)c(Cl)c2)NC(=O)CN(C)C(=O)[C@H](CC2CCCCC2)N(C)C(=O)CN(C)C(=O)CN(C)C1=O. The lowest BCUT2D eigenvalue weighted by atomic mass is 9.84. The molecular weight excluding hydrogens is 1310 g/mol. The van der Waals surface area contributed by atoms with Crippen LogP contribution >= 0.6 is 11.6 Å². The lowest BCUT2D eigenvalue weighted by molar-refractivity contribution is -0.156. The fourth-order valence-corrected chi connectivity index (χ4v) is 14.1. The van der Waals surface area contributed by atoms with E-state index in [2.05, 4.69) is 21.3 Å². The van der Waals surface area contributed by atoms with Crippen LogP contribution < -0.4 is 21.3 Å². The molecule has 0 unspecified atom stereocenters. The summed E-state index contributed by atoms with van der Waals surface area (Å²) in [6.07, 6.45) is 2.29. The lowest BCUT2D eigenvalue weighted by Gasteiger charge is -2.41. The second-order valence-corrected chi connectivity index (χ2v) is 28.5. The third-order valence-electron chi connectivity index (χ3n) is 20.5. The Kier molecular flexibility index (Phi) is 29.1. The maximum Gasteiger partial charge on any atom is 0.417 e. The quantitative estimate of drug-likeness (QED) is 0.226. The van der Waals surface area contributed by atoms with Crippen LogP contribution in [-0.2, 0) is 76.6 Å². The first-order chi connectivity index (χ1) is 46.6. The van der Waals surface area contributed by atoms with Crippen molar-refractivity contribution in [2.45, 2.75) is 204 Å². The Labute approximate surface area is 585 Å². The van der Waals surface area contributed by atoms with E-state index >= 15 is 19.2 Å². The Morgan fingerprint density at radius 1 is 0.626 bits per heavy atom. The number of hydrogen-bond donors (Lipinski definition) is 4. The third-order valence-corrected chi connectivity index (χ3v) is 20.8. The molecule has 24 nitrogen and oxygen atoms in total. The van der Waals surface area contributed by atoms with Gasteiger partial charge in [-0.25, -0.2) is 0 Å². The Morgan fingerprint density at radius 3 is 1.83 bits per heavy atom. The summed E-state index contributed by atoms with van der Waals surface area (Å²) in [5.41, 5.74) is -1.91. The Balaban J connectivity index is 1.43. The van der Waals surface area contributed by atoms with Crippen molar-refractivity contribution >= 4 is 82.5 Å². The largest absolute Gasteiger partial charge is 0.417 e. The highest BCUT2D eigenvalue weighted by atomic mass is 35.5. The molecule has 2 aliphatic heterocycles. The van der Waals surface area contributed by atoms with Crippen LogP contribution in [0.3, 0.4) is 0 Å². The van der Waals surface area contributed by atoms with Gasteiger partial charge in [0.25, 0.3) is 0 Å². The van der Waals surface area contributed by atoms with Gasteiger partial charge in [-0.2, -0.15) is 13.2 Å². The molecule has 12 amide bonds. The second-order valence-electron chi connectivity index (χ2n) is 28.1. The van der Waals surface area contributed by atoms with Gasteiger partial charge in [-0.1, -0.05) is 127 Å². The van der Waals surface area contributed by atoms with Gasteiger partial charge < -0.3 is 60.5 Å². The Morgan fingerprint density at radius 2 is 1.23 bits per heavy atom. The van der Waals surface area contributed by atoms with E-state index in [1.165, 1.54) is 72.1 Å². The summed E-state index contributed by atoms with van der Waals surface area (Å²) < 4.78 is 41.6. The van der Waals surface area contributed by atoms with Gasteiger partial charge in [-0.3, -0.25) is 57.5 Å². The van der Waals surface area contributed by atoms with Crippen molar-refractivity contribution in [3.8, 4) is 0 Å². The molecule has 2 saturated carbocycles. The molecule has 28 heteroatoms. The normalized spacial score (nSPS) is 25.3. The van der Waals surface area contributed by atoms with Crippen LogP contribution in [0.25, 0.3) is 0 Å². The smallest absolute Gasteiger partial charge is 0.343 e. The second kappa shape index (κ2) is 36.0. The molecule has 2 saturated heterocycles. The molecule has 2 aliphatic carbocycles. The Hall–Kier alpha value is -7.84. The first-order valence-electron chi connectivity index (χ1n) is 34.8. The van der Waals surface area contributed by atoms with E-state index in [-0.39, 0.29) is 50.0 Å². The predicted molar refractivity (Wildman–Crippen MR) is 365 cm³/mol. The molecule has 1 spiro atoms. The van der Waals surface area contributed by atoms with E-state index in [9.17, 15) is 51.5 Å². The number of likely N-dealkylation sites (N-methyl/N-ethyl adjacent to an activating group) is 7. The van der Waals surface area contributed by atoms with E-state index in [1.807, 2.05) is 6.92 Å². The van der Waals surface area contributed by atoms with E-state index in [1.54, 1.807) is 56.0 Å². The van der Waals surface area contributed by atoms with Crippen LogP contribution in [0.15, 0.2) is 48.5 Å². The molecule has 6 rings (SSSR count). The molecule has 4 aliphatic rings. The predicted octanol–water partition coefficient (Wildman–Crippen LogP) is 5.21. The van der Waals surface area contributed by atoms with Gasteiger partial charge >= 0.3 is 6.18 Å². The van der Waals surface area contributed by atoms with Crippen LogP contribution in [0.4, 0.5) is 13.2 Å². The van der Waals surface area contributed by atoms with Crippen LogP contribution in [0.5, 0.6) is 0 Å². The highest BCUT2D eigenvalue weighted by Gasteiger charge is 2.49. The monoisotopic (exact) mass is 1410 g/mol. The number of carbonyl (C=O) groups excluding carboxylic acids is 12. The molecule has 4 fully saturated rings. The molecule has 0 aromatic heterocycles. The molecule has 0 radical (unpaired) electrons. The zero-order valence-electron chi connectivity index (χ0n) is 59.6. The number of rotatable bonds is 11. The van der Waals surface area contributed by atoms with Gasteiger partial charge in [-0.15, -0.1) is 0 Å². The third kappa shape index (κ3) is 21.1. The van der Waals surface area contributed by atoms with Gasteiger partial charge in [0.05, 0.1) is 36.6 Å². The van der Waals surface area contributed by atoms with Crippen molar-refractivity contribution < 1.29 is 70.7 Å². The Bertz CT molecular complexity index is 3220. The molecule has 4 N–H and O–H groups in total. The molecule has 99 heavy (non-hydrogen) atoms. The van der Waals surface area contributed by atoms with E-state index < -0.39 is 173 Å². The molecule has 2 heterocycles. The maximum absolute atomic E-state index is 15.5. The minimum absolute atomic E-state index is 0.00349. The van der Waals surface area contributed by atoms with Crippen molar-refractivity contribution in [1.82, 2.24) is 60.5 Å². The number of likely N-dealkylation sites (tertiary alicyclic amines) is 1. The van der Waals surface area contributed by atoms with Crippen LogP contribution in [0.2, 0.25) is 5.02 Å². The fourth-order valence-electron chi connectivity index (χ4n) is 13.8. The standard InChI is InChI=1S/C71H104ClF3N12O12/c1-13-45(4)60-67(97)82(8)42-58(90)80(6)43-59(91)84(10)54(39-48-27-19-15-20-28-48)65(95)81(7)41-56(88)76-52(32-30-49-29-31-50(51(72)37-49)71(73,74)75)63(93)77-53(38-47-25-17-14-18-26-47)64(94)79-70(33-21-22-34-70)69(99)86(12)61(44(2)3)68(98)85(11)55(66(96)87-35-23-16-24-36-87)40-57(89)83(9)46(5)62(92)78-60/h14,17-18,25-26,29,31,37,44-46,48,52-55,60-61H,13,15-16,19-24,27-28,30,32-36,38-43H2,1-12H3,(H,76,88)(H,77,93)(H,78,92)(H,79,94)/t45-,46-,52-,53-,54-,55-,60-,61-/m0/s1. The first-order valence-corrected chi connectivity index (χ1v) is 35.2. The summed E-state index contributed by atoms with van der Waals surface area (Å²) in [5.74, 6) is -9.63. The average Bonchev–Trinajstić information content (AvgIpc) is 1.77. The highest BCUT2D eigenvalue weighted by Crippen LogP contribution is 2.37. The van der Waals surface area contributed by atoms with Crippen molar-refractivity contribution in [1.29, 1.82) is 0 Å². The number of halogens is 4. The van der Waals surface area contributed by atoms with Crippen LogP contribution in [-0.4, -0.2) is 240 Å². The first kappa shape index (κ1) is 80.1. The molecular formula is C71H104ClF3N12O12. The summed E-state index contributed by atoms with van der Waals surface area (Å²) in [6, 6.07) is 2.39. The summed E-state index contributed by atoms with van der Waals surface area (Å²) in [6.45, 7) is 7.38. The van der Waals surface area contributed by atoms with Crippen LogP contribution in [0, 0.1) is 17.8 Å². The summed E-state index contributed by atoms with van der Waals surface area (Å²) in [7, 11) is 9.67. The topological polar surface area (TPSA) is 279 Å². The zero-order chi connectivity index (χ0) is 73.4. The molecule has 2 aromatic carbocycles. The van der Waals surface area contributed by atoms with Gasteiger partial charge in [0.15, 0.2) is 0 Å². The number of benzene rings is 2. The summed E-state index contributed by atoms with van der Waals surface area (Å²) in [4.78, 5) is 186. The minimum atomic E-state index is -4.78. The van der Waals surface area contributed by atoms with Crippen molar-refractivity contribution in [2.75, 3.05) is 82.1 Å². The summed E-state index contributed by atoms with van der Waals surface area (Å²) in [5, 5.41) is 10.7. The summed E-state index contributed by atoms with van der Waals surface area (Å²) >= 11 is 6.15. The van der Waals surface area contributed by atoms with E-state index in [0.29, 0.717) is 50.8 Å².